The fourth-order valence-electron chi connectivity index (χ4n) is 5.31. The lowest BCUT2D eigenvalue weighted by Crippen LogP contribution is -2.50. The Kier molecular flexibility index (Phi) is 7.47. The largest absolute Gasteiger partial charge is 0.376 e. The van der Waals surface area contributed by atoms with E-state index in [1.807, 2.05) is 48.2 Å². The lowest BCUT2D eigenvalue weighted by atomic mass is 10.0. The van der Waals surface area contributed by atoms with Crippen molar-refractivity contribution in [2.24, 2.45) is 0 Å². The maximum atomic E-state index is 13.8. The van der Waals surface area contributed by atoms with Gasteiger partial charge in [-0.25, -0.2) is 4.98 Å². The summed E-state index contributed by atoms with van der Waals surface area (Å²) in [4.78, 5) is 35.6. The second-order valence-electron chi connectivity index (χ2n) is 9.67. The van der Waals surface area contributed by atoms with Gasteiger partial charge in [-0.1, -0.05) is 36.4 Å². The minimum atomic E-state index is -0.184. The monoisotopic (exact) mass is 486 g/mol. The van der Waals surface area contributed by atoms with Crippen molar-refractivity contribution in [3.63, 3.8) is 0 Å². The summed E-state index contributed by atoms with van der Waals surface area (Å²) >= 11 is 0. The molecule has 4 heterocycles. The minimum Gasteiger partial charge on any atom is -0.376 e. The molecule has 0 N–H and O–H groups in total. The van der Waals surface area contributed by atoms with Crippen molar-refractivity contribution < 1.29 is 9.53 Å². The molecule has 0 saturated carbocycles. The third-order valence-electron chi connectivity index (χ3n) is 7.28. The van der Waals surface area contributed by atoms with Crippen LogP contribution in [0.15, 0.2) is 65.6 Å². The van der Waals surface area contributed by atoms with Crippen LogP contribution in [0.3, 0.4) is 0 Å². The summed E-state index contributed by atoms with van der Waals surface area (Å²) in [7, 11) is 0. The lowest BCUT2D eigenvalue weighted by Gasteiger charge is -2.36. The lowest BCUT2D eigenvalue weighted by molar-refractivity contribution is 0.0739. The molecule has 7 nitrogen and oxygen atoms in total. The molecule has 2 aliphatic heterocycles. The van der Waals surface area contributed by atoms with Gasteiger partial charge in [-0.05, 0) is 50.3 Å². The van der Waals surface area contributed by atoms with E-state index in [2.05, 4.69) is 26.6 Å². The number of rotatable bonds is 7. The molecule has 1 aromatic carbocycles. The van der Waals surface area contributed by atoms with Gasteiger partial charge in [0.15, 0.2) is 5.43 Å². The Morgan fingerprint density at radius 3 is 2.50 bits per heavy atom. The van der Waals surface area contributed by atoms with Gasteiger partial charge in [0.2, 0.25) is 0 Å². The van der Waals surface area contributed by atoms with Crippen LogP contribution in [0.4, 0.5) is 5.82 Å². The molecule has 1 amide bonds. The fourth-order valence-corrected chi connectivity index (χ4v) is 5.31. The SMILES string of the molecule is Cc1cc(=O)c(C(=O)N2CCN(c3ccccn3)CC2)c(CCc2ccccc2)n1C[C@@H]1CCCO1. The number of hydrogen-bond acceptors (Lipinski definition) is 5. The van der Waals surface area contributed by atoms with Crippen molar-refractivity contribution in [1.82, 2.24) is 14.5 Å². The van der Waals surface area contributed by atoms with Gasteiger partial charge in [-0.15, -0.1) is 0 Å². The smallest absolute Gasteiger partial charge is 0.259 e. The van der Waals surface area contributed by atoms with E-state index >= 15 is 0 Å². The normalized spacial score (nSPS) is 18.0. The second-order valence-corrected chi connectivity index (χ2v) is 9.67. The van der Waals surface area contributed by atoms with Crippen molar-refractivity contribution in [3.8, 4) is 0 Å². The minimum absolute atomic E-state index is 0.117. The summed E-state index contributed by atoms with van der Waals surface area (Å²) < 4.78 is 8.09. The standard InChI is InChI=1S/C29H34N4O3/c1-22-20-26(34)28(29(35)32-17-15-31(16-18-32)27-11-5-6-14-30-27)25(13-12-23-8-3-2-4-9-23)33(22)21-24-10-7-19-36-24/h2-6,8-9,11,14,20,24H,7,10,12-13,15-19,21H2,1H3/t24-/m0/s1. The van der Waals surface area contributed by atoms with Gasteiger partial charge >= 0.3 is 0 Å². The molecule has 0 unspecified atom stereocenters. The molecule has 5 rings (SSSR count). The number of hydrogen-bond donors (Lipinski definition) is 0. The van der Waals surface area contributed by atoms with Crippen LogP contribution >= 0.6 is 0 Å². The first-order valence-electron chi connectivity index (χ1n) is 12.9. The van der Waals surface area contributed by atoms with Crippen molar-refractivity contribution >= 4 is 11.7 Å². The third-order valence-corrected chi connectivity index (χ3v) is 7.28. The molecular weight excluding hydrogens is 452 g/mol. The third kappa shape index (κ3) is 5.36. The predicted molar refractivity (Wildman–Crippen MR) is 141 cm³/mol. The van der Waals surface area contributed by atoms with Crippen LogP contribution in [0.1, 0.15) is 40.2 Å². The highest BCUT2D eigenvalue weighted by atomic mass is 16.5. The zero-order valence-corrected chi connectivity index (χ0v) is 20.9. The molecule has 1 atom stereocenters. The number of nitrogens with zero attached hydrogens (tertiary/aromatic N) is 4. The van der Waals surface area contributed by atoms with E-state index in [0.717, 1.165) is 43.1 Å². The number of pyridine rings is 2. The van der Waals surface area contributed by atoms with Crippen LogP contribution < -0.4 is 10.3 Å². The number of aromatic nitrogens is 2. The Morgan fingerprint density at radius 1 is 1.03 bits per heavy atom. The molecule has 2 fully saturated rings. The number of aryl methyl sites for hydroxylation is 2. The molecule has 0 spiro atoms. The maximum Gasteiger partial charge on any atom is 0.259 e. The molecular formula is C29H34N4O3. The van der Waals surface area contributed by atoms with E-state index in [0.29, 0.717) is 44.7 Å². The number of ether oxygens (including phenoxy) is 1. The maximum absolute atomic E-state index is 13.8. The molecule has 3 aromatic rings. The van der Waals surface area contributed by atoms with Crippen LogP contribution in [-0.2, 0) is 24.1 Å². The van der Waals surface area contributed by atoms with Crippen molar-refractivity contribution in [1.29, 1.82) is 0 Å². The van der Waals surface area contributed by atoms with Gasteiger partial charge in [-0.2, -0.15) is 0 Å². The second kappa shape index (κ2) is 11.1. The highest BCUT2D eigenvalue weighted by Crippen LogP contribution is 2.21. The summed E-state index contributed by atoms with van der Waals surface area (Å²) in [5.41, 5.74) is 3.04. The Balaban J connectivity index is 1.42. The van der Waals surface area contributed by atoms with E-state index < -0.39 is 0 Å². The van der Waals surface area contributed by atoms with Crippen molar-refractivity contribution in [2.75, 3.05) is 37.7 Å². The molecule has 188 valence electrons. The number of amides is 1. The Morgan fingerprint density at radius 2 is 1.81 bits per heavy atom. The summed E-state index contributed by atoms with van der Waals surface area (Å²) in [6.45, 7) is 5.91. The molecule has 0 bridgehead atoms. The summed E-state index contributed by atoms with van der Waals surface area (Å²) in [6, 6.07) is 17.7. The predicted octanol–water partition coefficient (Wildman–Crippen LogP) is 3.48. The zero-order valence-electron chi connectivity index (χ0n) is 20.9. The molecule has 7 heteroatoms. The molecule has 2 aliphatic rings. The number of carbonyl (C=O) groups is 1. The number of carbonyl (C=O) groups excluding carboxylic acids is 1. The summed E-state index contributed by atoms with van der Waals surface area (Å²) in [5.74, 6) is 0.757. The number of benzene rings is 1. The zero-order chi connectivity index (χ0) is 24.9. The van der Waals surface area contributed by atoms with Crippen molar-refractivity contribution in [3.05, 3.63) is 93.5 Å². The average molecular weight is 487 g/mol. The van der Waals surface area contributed by atoms with E-state index in [9.17, 15) is 9.59 Å². The van der Waals surface area contributed by atoms with Crippen molar-refractivity contribution in [2.45, 2.75) is 45.3 Å². The molecule has 36 heavy (non-hydrogen) atoms. The number of anilines is 1. The Hall–Kier alpha value is -3.45. The van der Waals surface area contributed by atoms with Gasteiger partial charge in [-0.3, -0.25) is 9.59 Å². The van der Waals surface area contributed by atoms with E-state index in [1.165, 1.54) is 5.56 Å². The molecule has 2 aromatic heterocycles. The van der Waals surface area contributed by atoms with E-state index in [1.54, 1.807) is 12.3 Å². The highest BCUT2D eigenvalue weighted by molar-refractivity contribution is 5.95. The first-order chi connectivity index (χ1) is 17.6. The van der Waals surface area contributed by atoms with Gasteiger partial charge in [0.1, 0.15) is 11.4 Å². The quantitative estimate of drug-likeness (QED) is 0.512. The molecule has 0 radical (unpaired) electrons. The van der Waals surface area contributed by atoms with E-state index in [4.69, 9.17) is 4.74 Å². The first-order valence-corrected chi connectivity index (χ1v) is 12.9. The van der Waals surface area contributed by atoms with Crippen LogP contribution in [0.25, 0.3) is 0 Å². The van der Waals surface area contributed by atoms with Crippen LogP contribution in [-0.4, -0.2) is 59.2 Å². The first kappa shape index (κ1) is 24.3. The van der Waals surface area contributed by atoms with Gasteiger partial charge in [0.05, 0.1) is 6.10 Å². The summed E-state index contributed by atoms with van der Waals surface area (Å²) in [6.07, 6.45) is 5.35. The van der Waals surface area contributed by atoms with Gasteiger partial charge < -0.3 is 19.1 Å². The number of piperazine rings is 1. The van der Waals surface area contributed by atoms with Crippen LogP contribution in [0.2, 0.25) is 0 Å². The Labute approximate surface area is 212 Å². The van der Waals surface area contributed by atoms with E-state index in [-0.39, 0.29) is 17.4 Å². The molecule has 0 aliphatic carbocycles. The molecule has 2 saturated heterocycles. The average Bonchev–Trinajstić information content (AvgIpc) is 3.43. The topological polar surface area (TPSA) is 67.7 Å². The van der Waals surface area contributed by atoms with Gasteiger partial charge in [0.25, 0.3) is 5.91 Å². The summed E-state index contributed by atoms with van der Waals surface area (Å²) in [5, 5.41) is 0. The van der Waals surface area contributed by atoms with Crippen LogP contribution in [0, 0.1) is 6.92 Å². The highest BCUT2D eigenvalue weighted by Gasteiger charge is 2.29. The van der Waals surface area contributed by atoms with Gasteiger partial charge in [0, 0.05) is 63.0 Å². The Bertz CT molecular complexity index is 1230. The fraction of sp³-hybridized carbons (Fsp3) is 0.414. The van der Waals surface area contributed by atoms with Crippen LogP contribution in [0.5, 0.6) is 0 Å².